The van der Waals surface area contributed by atoms with Gasteiger partial charge in [0.15, 0.2) is 5.82 Å². The monoisotopic (exact) mass is 449 g/mol. The van der Waals surface area contributed by atoms with E-state index in [0.29, 0.717) is 50.7 Å². The molecule has 2 aromatic rings. The van der Waals surface area contributed by atoms with Gasteiger partial charge in [-0.15, -0.1) is 0 Å². The van der Waals surface area contributed by atoms with Crippen molar-refractivity contribution < 1.29 is 14.3 Å². The van der Waals surface area contributed by atoms with Gasteiger partial charge >= 0.3 is 0 Å². The van der Waals surface area contributed by atoms with E-state index >= 15 is 0 Å². The molecular weight excluding hydrogens is 418 g/mol. The number of nitrogens with one attached hydrogen (secondary N) is 1. The Bertz CT molecular complexity index is 1100. The summed E-state index contributed by atoms with van der Waals surface area (Å²) in [4.78, 5) is 33.5. The van der Waals surface area contributed by atoms with Crippen molar-refractivity contribution in [3.63, 3.8) is 0 Å². The molecule has 5 rings (SSSR count). The van der Waals surface area contributed by atoms with Gasteiger partial charge in [-0.1, -0.05) is 6.07 Å². The van der Waals surface area contributed by atoms with Crippen LogP contribution in [0, 0.1) is 0 Å². The summed E-state index contributed by atoms with van der Waals surface area (Å²) < 4.78 is 5.06. The number of piperazine rings is 1. The largest absolute Gasteiger partial charge is 0.396 e. The highest BCUT2D eigenvalue weighted by Gasteiger charge is 2.33. The number of fused-ring (bicyclic) bond motifs is 1. The third kappa shape index (κ3) is 4.27. The van der Waals surface area contributed by atoms with E-state index in [9.17, 15) is 9.59 Å². The number of nitrogen functional groups attached to an aromatic ring is 1. The van der Waals surface area contributed by atoms with Crippen molar-refractivity contribution in [1.29, 1.82) is 0 Å². The van der Waals surface area contributed by atoms with Crippen LogP contribution in [0.15, 0.2) is 24.3 Å². The molecule has 3 N–H and O–H groups in total. The minimum Gasteiger partial charge on any atom is -0.396 e. The van der Waals surface area contributed by atoms with E-state index in [2.05, 4.69) is 23.2 Å². The van der Waals surface area contributed by atoms with Gasteiger partial charge in [-0.05, 0) is 49.1 Å². The smallest absolute Gasteiger partial charge is 0.228 e. The Balaban J connectivity index is 1.41. The van der Waals surface area contributed by atoms with E-state index in [1.807, 2.05) is 23.1 Å². The van der Waals surface area contributed by atoms with E-state index in [4.69, 9.17) is 15.5 Å². The molecule has 8 nitrogen and oxygen atoms in total. The van der Waals surface area contributed by atoms with Crippen molar-refractivity contribution in [2.24, 2.45) is 0 Å². The van der Waals surface area contributed by atoms with E-state index in [1.54, 1.807) is 7.11 Å². The Morgan fingerprint density at radius 1 is 1.27 bits per heavy atom. The first kappa shape index (κ1) is 21.7. The summed E-state index contributed by atoms with van der Waals surface area (Å²) in [5, 5.41) is 2.90. The number of anilines is 3. The fraction of sp³-hybridized carbons (Fsp3) is 0.480. The lowest BCUT2D eigenvalue weighted by Crippen LogP contribution is -2.54. The number of pyridine rings is 1. The lowest BCUT2D eigenvalue weighted by molar-refractivity contribution is -0.134. The number of ether oxygens (including phenoxy) is 1. The predicted octanol–water partition coefficient (Wildman–Crippen LogP) is 2.78. The molecule has 1 saturated heterocycles. The number of aromatic nitrogens is 1. The van der Waals surface area contributed by atoms with Crippen LogP contribution >= 0.6 is 0 Å². The molecule has 2 amide bonds. The quantitative estimate of drug-likeness (QED) is 0.703. The molecule has 1 saturated carbocycles. The predicted molar refractivity (Wildman–Crippen MR) is 128 cm³/mol. The van der Waals surface area contributed by atoms with Crippen LogP contribution in [0.1, 0.15) is 43.4 Å². The van der Waals surface area contributed by atoms with Crippen LogP contribution in [0.25, 0.3) is 11.1 Å². The molecule has 1 aromatic heterocycles. The SMILES string of the molecule is COCCC(=O)N1CCN(c2nc(C3CC3)c(-c3ccc4c(c3)CC(=O)N4)cc2N)C[C@H]1C. The number of nitrogens with zero attached hydrogens (tertiary/aromatic N) is 3. The van der Waals surface area contributed by atoms with Gasteiger partial charge in [-0.2, -0.15) is 0 Å². The highest BCUT2D eigenvalue weighted by Crippen LogP contribution is 2.46. The van der Waals surface area contributed by atoms with Gasteiger partial charge in [0.05, 0.1) is 30.8 Å². The van der Waals surface area contributed by atoms with Gasteiger partial charge in [0.1, 0.15) is 0 Å². The summed E-state index contributed by atoms with van der Waals surface area (Å²) >= 11 is 0. The first-order chi connectivity index (χ1) is 15.9. The molecule has 0 unspecified atom stereocenters. The third-order valence-corrected chi connectivity index (χ3v) is 6.83. The molecule has 1 aromatic carbocycles. The maximum absolute atomic E-state index is 12.5. The molecule has 3 aliphatic rings. The van der Waals surface area contributed by atoms with Gasteiger partial charge in [0.2, 0.25) is 11.8 Å². The Hall–Kier alpha value is -3.13. The lowest BCUT2D eigenvalue weighted by Gasteiger charge is -2.41. The van der Waals surface area contributed by atoms with Crippen LogP contribution in [0.2, 0.25) is 0 Å². The minimum atomic E-state index is 0.0338. The summed E-state index contributed by atoms with van der Waals surface area (Å²) in [6.45, 7) is 4.57. The number of rotatable bonds is 6. The third-order valence-electron chi connectivity index (χ3n) is 6.83. The van der Waals surface area contributed by atoms with Gasteiger partial charge in [-0.3, -0.25) is 9.59 Å². The number of benzene rings is 1. The zero-order valence-electron chi connectivity index (χ0n) is 19.3. The average molecular weight is 450 g/mol. The number of carbonyl (C=O) groups excluding carboxylic acids is 2. The summed E-state index contributed by atoms with van der Waals surface area (Å²) in [6, 6.07) is 8.22. The van der Waals surface area contributed by atoms with Gasteiger partial charge < -0.3 is 25.6 Å². The average Bonchev–Trinajstić information content (AvgIpc) is 3.57. The van der Waals surface area contributed by atoms with E-state index < -0.39 is 0 Å². The lowest BCUT2D eigenvalue weighted by atomic mass is 9.97. The molecule has 3 heterocycles. The fourth-order valence-electron chi connectivity index (χ4n) is 4.94. The van der Waals surface area contributed by atoms with Gasteiger partial charge in [-0.25, -0.2) is 4.98 Å². The first-order valence-corrected chi connectivity index (χ1v) is 11.7. The highest BCUT2D eigenvalue weighted by molar-refractivity contribution is 5.99. The van der Waals surface area contributed by atoms with Gasteiger partial charge in [0, 0.05) is 50.0 Å². The summed E-state index contributed by atoms with van der Waals surface area (Å²) in [5.74, 6) is 1.42. The summed E-state index contributed by atoms with van der Waals surface area (Å²) in [6.07, 6.45) is 3.08. The molecule has 0 radical (unpaired) electrons. The van der Waals surface area contributed by atoms with E-state index in [-0.39, 0.29) is 17.9 Å². The zero-order valence-corrected chi connectivity index (χ0v) is 19.3. The number of amides is 2. The normalized spacial score (nSPS) is 20.1. The van der Waals surface area contributed by atoms with Crippen molar-refractivity contribution in [2.75, 3.05) is 49.3 Å². The molecule has 174 valence electrons. The van der Waals surface area contributed by atoms with Crippen molar-refractivity contribution in [3.8, 4) is 11.1 Å². The maximum Gasteiger partial charge on any atom is 0.228 e. The number of hydrogen-bond donors (Lipinski definition) is 2. The molecule has 2 aliphatic heterocycles. The molecule has 1 aliphatic carbocycles. The van der Waals surface area contributed by atoms with Crippen LogP contribution in [0.5, 0.6) is 0 Å². The Kier molecular flexibility index (Phi) is 5.70. The van der Waals surface area contributed by atoms with E-state index in [0.717, 1.165) is 46.7 Å². The van der Waals surface area contributed by atoms with E-state index in [1.165, 1.54) is 0 Å². The van der Waals surface area contributed by atoms with Crippen LogP contribution in [-0.2, 0) is 20.7 Å². The zero-order chi connectivity index (χ0) is 23.1. The molecule has 2 fully saturated rings. The van der Waals surface area contributed by atoms with Crippen molar-refractivity contribution in [2.45, 2.75) is 44.6 Å². The minimum absolute atomic E-state index is 0.0338. The second kappa shape index (κ2) is 8.67. The first-order valence-electron chi connectivity index (χ1n) is 11.7. The van der Waals surface area contributed by atoms with Crippen LogP contribution in [0.4, 0.5) is 17.2 Å². The van der Waals surface area contributed by atoms with Crippen LogP contribution in [0.3, 0.4) is 0 Å². The van der Waals surface area contributed by atoms with Crippen LogP contribution in [-0.4, -0.2) is 61.1 Å². The topological polar surface area (TPSA) is 101 Å². The molecule has 8 heteroatoms. The number of methoxy groups -OCH3 is 1. The van der Waals surface area contributed by atoms with Crippen molar-refractivity contribution in [1.82, 2.24) is 9.88 Å². The number of carbonyl (C=O) groups is 2. The molecule has 1 atom stereocenters. The van der Waals surface area contributed by atoms with Crippen molar-refractivity contribution in [3.05, 3.63) is 35.5 Å². The Morgan fingerprint density at radius 2 is 2.09 bits per heavy atom. The number of hydrogen-bond acceptors (Lipinski definition) is 6. The number of nitrogens with two attached hydrogens (primary N) is 1. The molecule has 0 spiro atoms. The molecular formula is C25H31N5O3. The summed E-state index contributed by atoms with van der Waals surface area (Å²) in [7, 11) is 1.61. The van der Waals surface area contributed by atoms with Crippen molar-refractivity contribution >= 4 is 29.0 Å². The fourth-order valence-corrected chi connectivity index (χ4v) is 4.94. The maximum atomic E-state index is 12.5. The molecule has 0 bridgehead atoms. The second-order valence-corrected chi connectivity index (χ2v) is 9.33. The van der Waals surface area contributed by atoms with Gasteiger partial charge in [0.25, 0.3) is 0 Å². The summed E-state index contributed by atoms with van der Waals surface area (Å²) in [5.41, 5.74) is 12.3. The Morgan fingerprint density at radius 3 is 2.82 bits per heavy atom. The Labute approximate surface area is 194 Å². The molecule has 33 heavy (non-hydrogen) atoms. The standard InChI is InChI=1S/C25H31N5O3/c1-15-14-29(8-9-30(15)23(32)7-10-33-2)25-20(26)13-19(24(28-25)16-3-4-16)17-5-6-21-18(11-17)12-22(31)27-21/h5-6,11,13,15-16H,3-4,7-10,12,14,26H2,1-2H3,(H,27,31)/t15-/m1/s1. The second-order valence-electron chi connectivity index (χ2n) is 9.33. The van der Waals surface area contributed by atoms with Crippen LogP contribution < -0.4 is 16.0 Å². The highest BCUT2D eigenvalue weighted by atomic mass is 16.5.